The number of unbranched alkanes of at least 4 members (excludes halogenated alkanes) is 2. The Balaban J connectivity index is 0. The first-order valence-electron chi connectivity index (χ1n) is 10.9. The second kappa shape index (κ2) is 18.4. The van der Waals surface area contributed by atoms with E-state index < -0.39 is 40.1 Å². The molecule has 0 aliphatic heterocycles. The molecule has 0 aromatic heterocycles. The van der Waals surface area contributed by atoms with E-state index in [1.807, 2.05) is 13.8 Å². The zero-order chi connectivity index (χ0) is 22.3. The predicted molar refractivity (Wildman–Crippen MR) is 111 cm³/mol. The van der Waals surface area contributed by atoms with Crippen molar-refractivity contribution < 1.29 is 61.6 Å². The van der Waals surface area contributed by atoms with Gasteiger partial charge in [0.15, 0.2) is 0 Å². The summed E-state index contributed by atoms with van der Waals surface area (Å²) in [5.74, 6) is -1.13. The maximum absolute atomic E-state index is 12.0. The monoisotopic (exact) mass is 458 g/mol. The van der Waals surface area contributed by atoms with E-state index in [0.717, 1.165) is 51.4 Å². The van der Waals surface area contributed by atoms with Crippen molar-refractivity contribution in [1.82, 2.24) is 0 Å². The number of esters is 2. The van der Waals surface area contributed by atoms with Crippen LogP contribution in [0.25, 0.3) is 0 Å². The number of rotatable bonds is 17. The molecule has 0 saturated heterocycles. The van der Waals surface area contributed by atoms with Gasteiger partial charge in [-0.05, 0) is 24.7 Å². The summed E-state index contributed by atoms with van der Waals surface area (Å²) in [5, 5.41) is -1.66. The van der Waals surface area contributed by atoms with Gasteiger partial charge in [0.25, 0.3) is 0 Å². The minimum absolute atomic E-state index is 0. The van der Waals surface area contributed by atoms with E-state index in [-0.39, 0.29) is 54.6 Å². The summed E-state index contributed by atoms with van der Waals surface area (Å²) >= 11 is 0. The van der Waals surface area contributed by atoms with Crippen molar-refractivity contribution in [3.63, 3.8) is 0 Å². The molecule has 0 aliphatic carbocycles. The Labute approximate surface area is 205 Å². The molecule has 0 aromatic carbocycles. The molecule has 0 amide bonds. The first kappa shape index (κ1) is 32.0. The topological polar surface area (TPSA) is 110 Å². The van der Waals surface area contributed by atoms with Crippen molar-refractivity contribution in [1.29, 1.82) is 0 Å². The van der Waals surface area contributed by atoms with Crippen LogP contribution >= 0.6 is 0 Å². The Kier molecular flexibility index (Phi) is 19.7. The van der Waals surface area contributed by atoms with Crippen LogP contribution < -0.4 is 29.6 Å². The van der Waals surface area contributed by atoms with Gasteiger partial charge in [-0.15, -0.1) is 0 Å². The van der Waals surface area contributed by atoms with E-state index in [4.69, 9.17) is 9.47 Å². The third-order valence-electron chi connectivity index (χ3n) is 5.24. The Morgan fingerprint density at radius 2 is 1.17 bits per heavy atom. The summed E-state index contributed by atoms with van der Waals surface area (Å²) < 4.78 is 44.8. The van der Waals surface area contributed by atoms with Crippen LogP contribution in [0.4, 0.5) is 0 Å². The van der Waals surface area contributed by atoms with Crippen LogP contribution in [-0.4, -0.2) is 43.4 Å². The van der Waals surface area contributed by atoms with Crippen LogP contribution in [0, 0.1) is 11.8 Å². The first-order chi connectivity index (χ1) is 13.7. The normalized spacial score (nSPS) is 14.3. The van der Waals surface area contributed by atoms with E-state index in [2.05, 4.69) is 13.8 Å². The predicted octanol–water partition coefficient (Wildman–Crippen LogP) is 1.20. The summed E-state index contributed by atoms with van der Waals surface area (Å²) in [7, 11) is -4.82. The molecule has 0 rings (SSSR count). The third kappa shape index (κ3) is 15.6. The van der Waals surface area contributed by atoms with Gasteiger partial charge in [0.2, 0.25) is 0 Å². The maximum Gasteiger partial charge on any atom is 1.00 e. The Bertz CT molecular complexity index is 532. The molecule has 0 saturated carbocycles. The smallest absolute Gasteiger partial charge is 0.748 e. The second-order valence-corrected chi connectivity index (χ2v) is 9.37. The summed E-state index contributed by atoms with van der Waals surface area (Å²) in [4.78, 5) is 24.1. The van der Waals surface area contributed by atoms with Crippen molar-refractivity contribution >= 4 is 22.1 Å². The van der Waals surface area contributed by atoms with Gasteiger partial charge in [0.05, 0.1) is 41.4 Å². The molecule has 0 radical (unpaired) electrons. The number of ether oxygens (including phenoxy) is 2. The fraction of sp³-hybridized carbons (Fsp3) is 0.905. The van der Waals surface area contributed by atoms with Gasteiger partial charge in [0, 0.05) is 0 Å². The SMILES string of the molecule is CCCCC(CC)COC(=O)CC(CC(=O)OCC(CC)CCCC)S(=O)(=O)[O-].[Na+]. The Hall–Kier alpha value is -0.150. The summed E-state index contributed by atoms with van der Waals surface area (Å²) in [6.45, 7) is 8.54. The summed E-state index contributed by atoms with van der Waals surface area (Å²) in [6, 6.07) is 0. The molecule has 0 spiro atoms. The molecule has 172 valence electrons. The Morgan fingerprint density at radius 1 is 0.800 bits per heavy atom. The molecule has 2 atom stereocenters. The van der Waals surface area contributed by atoms with E-state index >= 15 is 0 Å². The van der Waals surface area contributed by atoms with Gasteiger partial charge in [-0.25, -0.2) is 8.42 Å². The molecule has 0 N–H and O–H groups in total. The molecule has 0 aliphatic rings. The Morgan fingerprint density at radius 3 is 1.43 bits per heavy atom. The van der Waals surface area contributed by atoms with E-state index in [9.17, 15) is 22.6 Å². The van der Waals surface area contributed by atoms with Crippen LogP contribution in [0.3, 0.4) is 0 Å². The summed E-state index contributed by atoms with van der Waals surface area (Å²) in [5.41, 5.74) is 0. The third-order valence-corrected chi connectivity index (χ3v) is 6.39. The van der Waals surface area contributed by atoms with Crippen LogP contribution in [0.2, 0.25) is 0 Å². The van der Waals surface area contributed by atoms with Crippen molar-refractivity contribution in [3.8, 4) is 0 Å². The molecule has 0 fully saturated rings. The maximum atomic E-state index is 12.0. The average Bonchev–Trinajstić information content (AvgIpc) is 2.67. The van der Waals surface area contributed by atoms with Crippen molar-refractivity contribution in [2.75, 3.05) is 13.2 Å². The largest absolute Gasteiger partial charge is 1.00 e. The van der Waals surface area contributed by atoms with E-state index in [1.165, 1.54) is 0 Å². The first-order valence-corrected chi connectivity index (χ1v) is 12.4. The number of hydrogen-bond acceptors (Lipinski definition) is 7. The molecule has 7 nitrogen and oxygen atoms in total. The van der Waals surface area contributed by atoms with Crippen molar-refractivity contribution in [2.45, 2.75) is 97.2 Å². The minimum Gasteiger partial charge on any atom is -0.748 e. The number of carbonyl (C=O) groups excluding carboxylic acids is 2. The number of hydrogen-bond donors (Lipinski definition) is 0. The van der Waals surface area contributed by atoms with Crippen LogP contribution in [0.1, 0.15) is 91.9 Å². The van der Waals surface area contributed by atoms with Crippen LogP contribution in [-0.2, 0) is 29.2 Å². The van der Waals surface area contributed by atoms with Gasteiger partial charge < -0.3 is 14.0 Å². The molecule has 30 heavy (non-hydrogen) atoms. The standard InChI is InChI=1S/C21H40O7S.Na/c1-5-9-11-17(7-3)15-27-20(22)13-19(29(24,25)26)14-21(23)28-16-18(8-4)12-10-6-2;/h17-19H,5-16H2,1-4H3,(H,24,25,26);/q;+1/p-1. The molecule has 0 bridgehead atoms. The van der Waals surface area contributed by atoms with Crippen LogP contribution in [0.5, 0.6) is 0 Å². The molecule has 2 unspecified atom stereocenters. The van der Waals surface area contributed by atoms with Crippen molar-refractivity contribution in [3.05, 3.63) is 0 Å². The van der Waals surface area contributed by atoms with Gasteiger partial charge in [-0.2, -0.15) is 0 Å². The quantitative estimate of drug-likeness (QED) is 0.183. The zero-order valence-electron chi connectivity index (χ0n) is 19.5. The fourth-order valence-corrected chi connectivity index (χ4v) is 3.66. The van der Waals surface area contributed by atoms with Crippen LogP contribution in [0.15, 0.2) is 0 Å². The zero-order valence-corrected chi connectivity index (χ0v) is 22.3. The van der Waals surface area contributed by atoms with E-state index in [1.54, 1.807) is 0 Å². The van der Waals surface area contributed by atoms with E-state index in [0.29, 0.717) is 0 Å². The van der Waals surface area contributed by atoms with Gasteiger partial charge in [0.1, 0.15) is 0 Å². The van der Waals surface area contributed by atoms with Crippen molar-refractivity contribution in [2.24, 2.45) is 11.8 Å². The average molecular weight is 459 g/mol. The molecular weight excluding hydrogens is 419 g/mol. The number of carbonyl (C=O) groups is 2. The van der Waals surface area contributed by atoms with Gasteiger partial charge in [-0.1, -0.05) is 66.2 Å². The van der Waals surface area contributed by atoms with Gasteiger partial charge >= 0.3 is 41.5 Å². The second-order valence-electron chi connectivity index (χ2n) is 7.72. The molecular formula is C21H39NaO7S. The van der Waals surface area contributed by atoms with Gasteiger partial charge in [-0.3, -0.25) is 9.59 Å². The minimum atomic E-state index is -4.82. The molecule has 9 heteroatoms. The fourth-order valence-electron chi connectivity index (χ4n) is 2.98. The molecule has 0 aromatic rings. The summed E-state index contributed by atoms with van der Waals surface area (Å²) in [6.07, 6.45) is 6.42. The molecule has 0 heterocycles.